The van der Waals surface area contributed by atoms with Gasteiger partial charge >= 0.3 is 6.61 Å². The van der Waals surface area contributed by atoms with Crippen molar-refractivity contribution in [2.45, 2.75) is 19.6 Å². The first-order valence-corrected chi connectivity index (χ1v) is 9.06. The number of ether oxygens (including phenoxy) is 2. The molecule has 2 aromatic rings. The molecule has 0 saturated heterocycles. The molecular weight excluding hydrogens is 517 g/mol. The van der Waals surface area contributed by atoms with Gasteiger partial charge in [-0.05, 0) is 30.2 Å². The van der Waals surface area contributed by atoms with Crippen LogP contribution in [0.2, 0.25) is 5.02 Å². The van der Waals surface area contributed by atoms with Gasteiger partial charge in [0, 0.05) is 39.6 Å². The number of alkyl halides is 2. The highest BCUT2D eigenvalue weighted by Crippen LogP contribution is 2.29. The van der Waals surface area contributed by atoms with Gasteiger partial charge < -0.3 is 24.3 Å². The summed E-state index contributed by atoms with van der Waals surface area (Å²) in [4.78, 5) is 6.26. The summed E-state index contributed by atoms with van der Waals surface area (Å²) in [6, 6.07) is 6.91. The molecule has 0 unspecified atom stereocenters. The van der Waals surface area contributed by atoms with Gasteiger partial charge in [0.1, 0.15) is 0 Å². The molecule has 29 heavy (non-hydrogen) atoms. The molecule has 2 rings (SSSR count). The summed E-state index contributed by atoms with van der Waals surface area (Å²) in [7, 11) is 6.99. The molecule has 0 aliphatic rings. The number of hydrogen-bond acceptors (Lipinski definition) is 3. The molecule has 10 heteroatoms. The Morgan fingerprint density at radius 1 is 1.31 bits per heavy atom. The van der Waals surface area contributed by atoms with Crippen molar-refractivity contribution in [3.05, 3.63) is 46.7 Å². The summed E-state index contributed by atoms with van der Waals surface area (Å²) in [5, 5.41) is 3.96. The van der Waals surface area contributed by atoms with Gasteiger partial charge in [-0.15, -0.1) is 24.0 Å². The van der Waals surface area contributed by atoms with E-state index in [2.05, 4.69) is 15.0 Å². The van der Waals surface area contributed by atoms with E-state index in [-0.39, 0.29) is 35.5 Å². The van der Waals surface area contributed by atoms with E-state index in [1.165, 1.54) is 7.11 Å². The molecule has 0 aliphatic carbocycles. The molecule has 1 aromatic heterocycles. The number of methoxy groups -OCH3 is 1. The quantitative estimate of drug-likeness (QED) is 0.309. The maximum Gasteiger partial charge on any atom is 0.387 e. The molecule has 0 aliphatic heterocycles. The highest BCUT2D eigenvalue weighted by Gasteiger charge is 2.12. The second-order valence-corrected chi connectivity index (χ2v) is 6.64. The van der Waals surface area contributed by atoms with Crippen LogP contribution in [0, 0.1) is 0 Å². The van der Waals surface area contributed by atoms with Crippen LogP contribution < -0.4 is 14.8 Å². The lowest BCUT2D eigenvalue weighted by Gasteiger charge is -2.22. The van der Waals surface area contributed by atoms with E-state index >= 15 is 0 Å². The molecule has 6 nitrogen and oxygen atoms in total. The SMILES string of the molecule is CN=C(NCCc1ccc(OC)c(OC(F)F)c1)N(C)Cc1cc(Cl)cn1C.I. The van der Waals surface area contributed by atoms with Gasteiger partial charge in [-0.1, -0.05) is 17.7 Å². The fraction of sp³-hybridized carbons (Fsp3) is 0.421. The Morgan fingerprint density at radius 3 is 2.59 bits per heavy atom. The van der Waals surface area contributed by atoms with Crippen molar-refractivity contribution in [3.8, 4) is 11.5 Å². The number of nitrogens with zero attached hydrogens (tertiary/aromatic N) is 3. The number of benzene rings is 1. The second kappa shape index (κ2) is 12.1. The molecule has 162 valence electrons. The average Bonchev–Trinajstić information content (AvgIpc) is 2.95. The number of aliphatic imine (C=N–C) groups is 1. The third kappa shape index (κ3) is 7.54. The lowest BCUT2D eigenvalue weighted by molar-refractivity contribution is -0.0512. The van der Waals surface area contributed by atoms with Crippen LogP contribution in [0.1, 0.15) is 11.3 Å². The van der Waals surface area contributed by atoms with Crippen molar-refractivity contribution in [2.24, 2.45) is 12.0 Å². The second-order valence-electron chi connectivity index (χ2n) is 6.20. The fourth-order valence-corrected chi connectivity index (χ4v) is 3.08. The summed E-state index contributed by atoms with van der Waals surface area (Å²) in [5.41, 5.74) is 1.90. The van der Waals surface area contributed by atoms with E-state index < -0.39 is 6.61 Å². The maximum absolute atomic E-state index is 12.5. The number of guanidine groups is 1. The Hall–Kier alpha value is -1.75. The normalized spacial score (nSPS) is 11.2. The van der Waals surface area contributed by atoms with E-state index in [1.807, 2.05) is 41.9 Å². The predicted molar refractivity (Wildman–Crippen MR) is 122 cm³/mol. The van der Waals surface area contributed by atoms with Crippen molar-refractivity contribution in [3.63, 3.8) is 0 Å². The van der Waals surface area contributed by atoms with E-state index in [1.54, 1.807) is 19.2 Å². The topological polar surface area (TPSA) is 51.0 Å². The van der Waals surface area contributed by atoms with Crippen LogP contribution in [0.15, 0.2) is 35.5 Å². The Kier molecular flexibility index (Phi) is 10.5. The molecule has 0 fully saturated rings. The first-order valence-electron chi connectivity index (χ1n) is 8.68. The molecule has 0 atom stereocenters. The van der Waals surface area contributed by atoms with Crippen molar-refractivity contribution in [1.29, 1.82) is 0 Å². The van der Waals surface area contributed by atoms with E-state index in [9.17, 15) is 8.78 Å². The maximum atomic E-state index is 12.5. The third-order valence-electron chi connectivity index (χ3n) is 4.19. The van der Waals surface area contributed by atoms with Crippen LogP contribution in [0.5, 0.6) is 11.5 Å². The average molecular weight is 543 g/mol. The zero-order chi connectivity index (χ0) is 20.7. The van der Waals surface area contributed by atoms with Gasteiger partial charge in [-0.2, -0.15) is 8.78 Å². The third-order valence-corrected chi connectivity index (χ3v) is 4.39. The predicted octanol–water partition coefficient (Wildman–Crippen LogP) is 4.16. The number of halogens is 4. The zero-order valence-corrected chi connectivity index (χ0v) is 19.9. The van der Waals surface area contributed by atoms with Gasteiger partial charge in [-0.25, -0.2) is 0 Å². The van der Waals surface area contributed by atoms with Crippen molar-refractivity contribution < 1.29 is 18.3 Å². The molecule has 1 heterocycles. The molecule has 0 bridgehead atoms. The minimum absolute atomic E-state index is 0. The number of hydrogen-bond donors (Lipinski definition) is 1. The molecule has 1 aromatic carbocycles. The fourth-order valence-electron chi connectivity index (χ4n) is 2.81. The molecule has 0 spiro atoms. The zero-order valence-electron chi connectivity index (χ0n) is 16.8. The van der Waals surface area contributed by atoms with Crippen molar-refractivity contribution >= 4 is 41.5 Å². The smallest absolute Gasteiger partial charge is 0.387 e. The summed E-state index contributed by atoms with van der Waals surface area (Å²) >= 11 is 6.03. The number of nitrogens with one attached hydrogen (secondary N) is 1. The van der Waals surface area contributed by atoms with Gasteiger partial charge in [0.25, 0.3) is 0 Å². The summed E-state index contributed by atoms with van der Waals surface area (Å²) in [5.74, 6) is 1.01. The molecule has 1 N–H and O–H groups in total. The van der Waals surface area contributed by atoms with Crippen LogP contribution in [-0.2, 0) is 20.0 Å². The monoisotopic (exact) mass is 542 g/mol. The van der Waals surface area contributed by atoms with Crippen molar-refractivity contribution in [2.75, 3.05) is 27.7 Å². The van der Waals surface area contributed by atoms with Gasteiger partial charge in [0.2, 0.25) is 0 Å². The number of aryl methyl sites for hydroxylation is 1. The van der Waals surface area contributed by atoms with Crippen LogP contribution in [0.4, 0.5) is 8.78 Å². The first kappa shape index (κ1) is 25.3. The van der Waals surface area contributed by atoms with Crippen LogP contribution in [0.3, 0.4) is 0 Å². The van der Waals surface area contributed by atoms with Crippen LogP contribution in [0.25, 0.3) is 0 Å². The molecule has 0 amide bonds. The summed E-state index contributed by atoms with van der Waals surface area (Å²) in [6.07, 6.45) is 2.45. The minimum Gasteiger partial charge on any atom is -0.493 e. The first-order chi connectivity index (χ1) is 13.3. The van der Waals surface area contributed by atoms with Gasteiger partial charge in [0.15, 0.2) is 17.5 Å². The summed E-state index contributed by atoms with van der Waals surface area (Å²) in [6.45, 7) is -1.69. The van der Waals surface area contributed by atoms with Crippen LogP contribution >= 0.6 is 35.6 Å². The number of rotatable bonds is 8. The lowest BCUT2D eigenvalue weighted by Crippen LogP contribution is -2.39. The van der Waals surface area contributed by atoms with Crippen molar-refractivity contribution in [1.82, 2.24) is 14.8 Å². The molecule has 0 radical (unpaired) electrons. The largest absolute Gasteiger partial charge is 0.493 e. The minimum atomic E-state index is -2.90. The van der Waals surface area contributed by atoms with Crippen LogP contribution in [-0.4, -0.2) is 49.8 Å². The highest BCUT2D eigenvalue weighted by molar-refractivity contribution is 14.0. The van der Waals surface area contributed by atoms with E-state index in [0.717, 1.165) is 17.2 Å². The highest BCUT2D eigenvalue weighted by atomic mass is 127. The Morgan fingerprint density at radius 2 is 2.03 bits per heavy atom. The molecular formula is C19H26ClF2IN4O2. The van der Waals surface area contributed by atoms with Gasteiger partial charge in [-0.3, -0.25) is 4.99 Å². The van der Waals surface area contributed by atoms with Gasteiger partial charge in [0.05, 0.1) is 18.7 Å². The Labute approximate surface area is 191 Å². The standard InChI is InChI=1S/C19H25ClF2N4O2.HI/c1-23-19(26(3)12-15-10-14(20)11-25(15)2)24-8-7-13-5-6-16(27-4)17(9-13)28-18(21)22;/h5-6,9-11,18H,7-8,12H2,1-4H3,(H,23,24);1H. The Balaban J connectivity index is 0.00000420. The van der Waals surface area contributed by atoms with E-state index in [4.69, 9.17) is 16.3 Å². The summed E-state index contributed by atoms with van der Waals surface area (Å²) < 4.78 is 36.6. The number of aromatic nitrogens is 1. The lowest BCUT2D eigenvalue weighted by atomic mass is 10.1. The Bertz CT molecular complexity index is 818. The molecule has 0 saturated carbocycles. The van der Waals surface area contributed by atoms with E-state index in [0.29, 0.717) is 24.5 Å².